The van der Waals surface area contributed by atoms with Crippen LogP contribution in [0.25, 0.3) is 0 Å². The van der Waals surface area contributed by atoms with Gasteiger partial charge in [-0.3, -0.25) is 9.80 Å². The van der Waals surface area contributed by atoms with Crippen LogP contribution in [-0.4, -0.2) is 102 Å². The molecular formula is C24H46N8. The molecule has 3 rings (SSSR count). The summed E-state index contributed by atoms with van der Waals surface area (Å²) in [5.74, 6) is 0. The zero-order valence-corrected chi connectivity index (χ0v) is 19.9. The van der Waals surface area contributed by atoms with Crippen LogP contribution >= 0.6 is 0 Å². The number of hydrogen-bond donors (Lipinski definition) is 6. The lowest BCUT2D eigenvalue weighted by molar-refractivity contribution is 0.241. The first kappa shape index (κ1) is 25.5. The van der Waals surface area contributed by atoms with Crippen LogP contribution in [0.15, 0.2) is 24.3 Å². The molecule has 0 radical (unpaired) electrons. The number of rotatable bonds is 4. The molecule has 2 fully saturated rings. The van der Waals surface area contributed by atoms with Crippen LogP contribution in [0.4, 0.5) is 0 Å². The van der Waals surface area contributed by atoms with Crippen molar-refractivity contribution in [3.05, 3.63) is 35.4 Å². The van der Waals surface area contributed by atoms with E-state index in [-0.39, 0.29) is 0 Å². The average molecular weight is 447 g/mol. The van der Waals surface area contributed by atoms with Gasteiger partial charge >= 0.3 is 0 Å². The Balaban J connectivity index is 1.46. The molecule has 6 N–H and O–H groups in total. The van der Waals surface area contributed by atoms with E-state index in [4.69, 9.17) is 0 Å². The van der Waals surface area contributed by atoms with Crippen LogP contribution in [0.5, 0.6) is 0 Å². The van der Waals surface area contributed by atoms with Crippen molar-refractivity contribution < 1.29 is 0 Å². The number of nitrogens with zero attached hydrogens (tertiary/aromatic N) is 2. The van der Waals surface area contributed by atoms with E-state index in [0.717, 1.165) is 105 Å². The van der Waals surface area contributed by atoms with E-state index in [0.29, 0.717) is 0 Å². The van der Waals surface area contributed by atoms with Crippen LogP contribution in [0, 0.1) is 0 Å². The largest absolute Gasteiger partial charge is 0.315 e. The van der Waals surface area contributed by atoms with Crippen molar-refractivity contribution in [2.45, 2.75) is 25.9 Å². The highest BCUT2D eigenvalue weighted by atomic mass is 15.2. The molecule has 32 heavy (non-hydrogen) atoms. The number of nitrogens with one attached hydrogen (secondary N) is 6. The normalized spacial score (nSPS) is 22.8. The average Bonchev–Trinajstić information content (AvgIpc) is 2.79. The molecule has 0 aromatic heterocycles. The SMILES string of the molecule is c1cc(CN2CCNCCCNCCNC2)ccc1CN1CCNCCCNCCNC1. The second-order valence-electron chi connectivity index (χ2n) is 8.94. The van der Waals surface area contributed by atoms with Crippen molar-refractivity contribution in [3.8, 4) is 0 Å². The first-order valence-electron chi connectivity index (χ1n) is 12.7. The van der Waals surface area contributed by atoms with Crippen molar-refractivity contribution in [3.63, 3.8) is 0 Å². The van der Waals surface area contributed by atoms with Gasteiger partial charge in [0, 0.05) is 78.8 Å². The third kappa shape index (κ3) is 11.2. The molecule has 8 nitrogen and oxygen atoms in total. The summed E-state index contributed by atoms with van der Waals surface area (Å²) in [7, 11) is 0. The lowest BCUT2D eigenvalue weighted by Crippen LogP contribution is -2.42. The van der Waals surface area contributed by atoms with Gasteiger partial charge < -0.3 is 31.9 Å². The molecule has 2 saturated heterocycles. The van der Waals surface area contributed by atoms with Gasteiger partial charge in [0.25, 0.3) is 0 Å². The molecule has 2 aliphatic heterocycles. The third-order valence-electron chi connectivity index (χ3n) is 6.09. The lowest BCUT2D eigenvalue weighted by Gasteiger charge is -2.25. The summed E-state index contributed by atoms with van der Waals surface area (Å²) in [6.07, 6.45) is 2.39. The minimum atomic E-state index is 0.937. The topological polar surface area (TPSA) is 78.7 Å². The number of hydrogen-bond acceptors (Lipinski definition) is 8. The van der Waals surface area contributed by atoms with Crippen molar-refractivity contribution in [1.82, 2.24) is 41.7 Å². The van der Waals surface area contributed by atoms with Gasteiger partial charge in [0.1, 0.15) is 0 Å². The Labute approximate surface area is 195 Å². The molecule has 2 heterocycles. The molecule has 0 aliphatic carbocycles. The van der Waals surface area contributed by atoms with Gasteiger partial charge in [-0.1, -0.05) is 24.3 Å². The van der Waals surface area contributed by atoms with Crippen LogP contribution in [0.3, 0.4) is 0 Å². The quantitative estimate of drug-likeness (QED) is 0.371. The standard InChI is InChI=1S/C24H46N8/c1-7-25-11-13-29-21-31(17-15-27-9-1)19-23-3-5-24(6-4-23)20-32-18-16-28-10-2-8-26-12-14-30-22-32/h3-6,25-30H,1-2,7-22H2. The fourth-order valence-corrected chi connectivity index (χ4v) is 4.17. The van der Waals surface area contributed by atoms with Gasteiger partial charge in [0.2, 0.25) is 0 Å². The second-order valence-corrected chi connectivity index (χ2v) is 8.94. The summed E-state index contributed by atoms with van der Waals surface area (Å²) < 4.78 is 0. The van der Waals surface area contributed by atoms with E-state index >= 15 is 0 Å². The minimum absolute atomic E-state index is 0.937. The van der Waals surface area contributed by atoms with Crippen molar-refractivity contribution in [1.29, 1.82) is 0 Å². The molecule has 1 aromatic carbocycles. The maximum Gasteiger partial charge on any atom is 0.0484 e. The van der Waals surface area contributed by atoms with Crippen molar-refractivity contribution >= 4 is 0 Å². The van der Waals surface area contributed by atoms with Gasteiger partial charge in [-0.15, -0.1) is 0 Å². The van der Waals surface area contributed by atoms with Crippen LogP contribution in [0.1, 0.15) is 24.0 Å². The van der Waals surface area contributed by atoms with Crippen LogP contribution < -0.4 is 31.9 Å². The predicted octanol–water partition coefficient (Wildman–Crippen LogP) is -0.449. The lowest BCUT2D eigenvalue weighted by atomic mass is 10.1. The fourth-order valence-electron chi connectivity index (χ4n) is 4.17. The smallest absolute Gasteiger partial charge is 0.0484 e. The van der Waals surface area contributed by atoms with Crippen molar-refractivity contribution in [2.24, 2.45) is 0 Å². The monoisotopic (exact) mass is 446 g/mol. The summed E-state index contributed by atoms with van der Waals surface area (Å²) in [6.45, 7) is 16.6. The second kappa shape index (κ2) is 16.5. The molecule has 0 amide bonds. The molecule has 8 heteroatoms. The molecular weight excluding hydrogens is 400 g/mol. The van der Waals surface area contributed by atoms with Crippen molar-refractivity contribution in [2.75, 3.05) is 91.9 Å². The Kier molecular flexibility index (Phi) is 13.2. The van der Waals surface area contributed by atoms with Gasteiger partial charge in [-0.25, -0.2) is 0 Å². The predicted molar refractivity (Wildman–Crippen MR) is 134 cm³/mol. The van der Waals surface area contributed by atoms with E-state index in [2.05, 4.69) is 66.0 Å². The molecule has 0 unspecified atom stereocenters. The molecule has 182 valence electrons. The minimum Gasteiger partial charge on any atom is -0.315 e. The Morgan fingerprint density at radius 2 is 0.844 bits per heavy atom. The highest BCUT2D eigenvalue weighted by Crippen LogP contribution is 2.10. The summed E-state index contributed by atoms with van der Waals surface area (Å²) in [6, 6.07) is 9.25. The Morgan fingerprint density at radius 1 is 0.469 bits per heavy atom. The Morgan fingerprint density at radius 3 is 1.28 bits per heavy atom. The maximum absolute atomic E-state index is 3.58. The van der Waals surface area contributed by atoms with Gasteiger partial charge in [0.05, 0.1) is 0 Å². The zero-order chi connectivity index (χ0) is 22.1. The highest BCUT2D eigenvalue weighted by Gasteiger charge is 2.09. The first-order chi connectivity index (χ1) is 15.9. The summed E-state index contributed by atoms with van der Waals surface area (Å²) in [5.41, 5.74) is 2.78. The van der Waals surface area contributed by atoms with Gasteiger partial charge in [-0.05, 0) is 50.1 Å². The summed E-state index contributed by atoms with van der Waals surface area (Å²) in [5, 5.41) is 21.3. The molecule has 2 aliphatic rings. The van der Waals surface area contributed by atoms with E-state index in [1.54, 1.807) is 0 Å². The zero-order valence-electron chi connectivity index (χ0n) is 19.9. The number of benzene rings is 1. The van der Waals surface area contributed by atoms with E-state index in [9.17, 15) is 0 Å². The van der Waals surface area contributed by atoms with E-state index in [1.807, 2.05) is 0 Å². The molecule has 0 bridgehead atoms. The maximum atomic E-state index is 3.58. The molecule has 0 spiro atoms. The Hall–Kier alpha value is -1.10. The van der Waals surface area contributed by atoms with E-state index in [1.165, 1.54) is 24.0 Å². The summed E-state index contributed by atoms with van der Waals surface area (Å²) in [4.78, 5) is 5.01. The van der Waals surface area contributed by atoms with Gasteiger partial charge in [0.15, 0.2) is 0 Å². The highest BCUT2D eigenvalue weighted by molar-refractivity contribution is 5.22. The van der Waals surface area contributed by atoms with Gasteiger partial charge in [-0.2, -0.15) is 0 Å². The first-order valence-corrected chi connectivity index (χ1v) is 12.7. The molecule has 0 saturated carbocycles. The summed E-state index contributed by atoms with van der Waals surface area (Å²) >= 11 is 0. The van der Waals surface area contributed by atoms with Crippen LogP contribution in [0.2, 0.25) is 0 Å². The fraction of sp³-hybridized carbons (Fsp3) is 0.750. The Bertz CT molecular complexity index is 507. The third-order valence-corrected chi connectivity index (χ3v) is 6.09. The molecule has 1 aromatic rings. The van der Waals surface area contributed by atoms with Crippen LogP contribution in [-0.2, 0) is 13.1 Å². The van der Waals surface area contributed by atoms with E-state index < -0.39 is 0 Å². The molecule has 0 atom stereocenters.